The SMILES string of the molecule is CC1CCCCC1.CN(C)C=O. The van der Waals surface area contributed by atoms with E-state index in [0.717, 1.165) is 12.3 Å². The Labute approximate surface area is 75.9 Å². The van der Waals surface area contributed by atoms with Gasteiger partial charge in [0.1, 0.15) is 0 Å². The Morgan fingerprint density at radius 3 is 1.75 bits per heavy atom. The number of nitrogens with zero attached hydrogens (tertiary/aromatic N) is 1. The van der Waals surface area contributed by atoms with E-state index < -0.39 is 0 Å². The Kier molecular flexibility index (Phi) is 6.82. The first-order valence-corrected chi connectivity index (χ1v) is 4.78. The van der Waals surface area contributed by atoms with E-state index in [2.05, 4.69) is 6.92 Å². The number of hydrogen-bond donors (Lipinski definition) is 0. The summed E-state index contributed by atoms with van der Waals surface area (Å²) in [6, 6.07) is 0. The molecule has 0 aromatic carbocycles. The maximum absolute atomic E-state index is 9.43. The molecule has 0 aliphatic heterocycles. The standard InChI is InChI=1S/C7H14.C3H7NO/c1-7-5-3-2-4-6-7;1-4(2)3-5/h7H,2-6H2,1H3;3H,1-2H3. The first-order valence-electron chi connectivity index (χ1n) is 4.78. The van der Waals surface area contributed by atoms with Crippen molar-refractivity contribution in [1.29, 1.82) is 0 Å². The van der Waals surface area contributed by atoms with E-state index in [9.17, 15) is 4.79 Å². The minimum absolute atomic E-state index is 0.750. The third-order valence-corrected chi connectivity index (χ3v) is 2.10. The molecule has 72 valence electrons. The van der Waals surface area contributed by atoms with Crippen molar-refractivity contribution in [1.82, 2.24) is 4.90 Å². The summed E-state index contributed by atoms with van der Waals surface area (Å²) in [6.45, 7) is 2.36. The molecule has 0 aromatic rings. The fourth-order valence-electron chi connectivity index (χ4n) is 1.31. The largest absolute Gasteiger partial charge is 0.351 e. The topological polar surface area (TPSA) is 20.3 Å². The van der Waals surface area contributed by atoms with Gasteiger partial charge >= 0.3 is 0 Å². The number of carbonyl (C=O) groups is 1. The van der Waals surface area contributed by atoms with Gasteiger partial charge in [-0.2, -0.15) is 0 Å². The first-order chi connectivity index (χ1) is 5.66. The molecule has 2 heteroatoms. The molecule has 0 unspecified atom stereocenters. The van der Waals surface area contributed by atoms with Gasteiger partial charge < -0.3 is 4.90 Å². The van der Waals surface area contributed by atoms with E-state index in [-0.39, 0.29) is 0 Å². The van der Waals surface area contributed by atoms with Crippen LogP contribution in [0.4, 0.5) is 0 Å². The van der Waals surface area contributed by atoms with Crippen LogP contribution in [0.5, 0.6) is 0 Å². The molecule has 2 nitrogen and oxygen atoms in total. The second-order valence-electron chi connectivity index (χ2n) is 3.81. The molecular weight excluding hydrogens is 150 g/mol. The summed E-state index contributed by atoms with van der Waals surface area (Å²) in [4.78, 5) is 10.9. The lowest BCUT2D eigenvalue weighted by Crippen LogP contribution is -2.06. The van der Waals surface area contributed by atoms with Crippen LogP contribution < -0.4 is 0 Å². The van der Waals surface area contributed by atoms with Crippen LogP contribution in [-0.4, -0.2) is 25.4 Å². The summed E-state index contributed by atoms with van der Waals surface area (Å²) in [5.41, 5.74) is 0. The van der Waals surface area contributed by atoms with Crippen molar-refractivity contribution < 1.29 is 4.79 Å². The lowest BCUT2D eigenvalue weighted by Gasteiger charge is -2.15. The number of carbonyl (C=O) groups excluding carboxylic acids is 1. The van der Waals surface area contributed by atoms with Crippen LogP contribution >= 0.6 is 0 Å². The second-order valence-corrected chi connectivity index (χ2v) is 3.81. The van der Waals surface area contributed by atoms with Crippen LogP contribution in [0.1, 0.15) is 39.0 Å². The summed E-state index contributed by atoms with van der Waals surface area (Å²) in [5.74, 6) is 1.04. The Bertz CT molecular complexity index is 106. The molecule has 0 bridgehead atoms. The van der Waals surface area contributed by atoms with Crippen molar-refractivity contribution in [2.45, 2.75) is 39.0 Å². The Balaban J connectivity index is 0.000000217. The predicted molar refractivity (Wildman–Crippen MR) is 52.0 cm³/mol. The summed E-state index contributed by atoms with van der Waals surface area (Å²) in [5, 5.41) is 0. The number of hydrogen-bond acceptors (Lipinski definition) is 1. The molecule has 0 aromatic heterocycles. The van der Waals surface area contributed by atoms with Gasteiger partial charge in [-0.05, 0) is 5.92 Å². The van der Waals surface area contributed by atoms with E-state index >= 15 is 0 Å². The third-order valence-electron chi connectivity index (χ3n) is 2.10. The van der Waals surface area contributed by atoms with Crippen molar-refractivity contribution >= 4 is 6.41 Å². The zero-order valence-corrected chi connectivity index (χ0v) is 8.55. The molecule has 1 saturated carbocycles. The van der Waals surface area contributed by atoms with E-state index in [1.165, 1.54) is 37.0 Å². The quantitative estimate of drug-likeness (QED) is 0.554. The molecule has 12 heavy (non-hydrogen) atoms. The molecule has 1 fully saturated rings. The van der Waals surface area contributed by atoms with Crippen LogP contribution in [0.2, 0.25) is 0 Å². The smallest absolute Gasteiger partial charge is 0.209 e. The summed E-state index contributed by atoms with van der Waals surface area (Å²) < 4.78 is 0. The molecule has 0 heterocycles. The van der Waals surface area contributed by atoms with Gasteiger partial charge in [-0.15, -0.1) is 0 Å². The fraction of sp³-hybridized carbons (Fsp3) is 0.900. The highest BCUT2D eigenvalue weighted by atomic mass is 16.1. The Morgan fingerprint density at radius 1 is 1.17 bits per heavy atom. The minimum Gasteiger partial charge on any atom is -0.351 e. The molecule has 0 atom stereocenters. The first kappa shape index (κ1) is 11.5. The van der Waals surface area contributed by atoms with Crippen molar-refractivity contribution in [3.8, 4) is 0 Å². The van der Waals surface area contributed by atoms with Crippen molar-refractivity contribution in [2.75, 3.05) is 14.1 Å². The molecule has 1 aliphatic rings. The third kappa shape index (κ3) is 7.58. The molecule has 0 spiro atoms. The highest BCUT2D eigenvalue weighted by Crippen LogP contribution is 2.21. The fourth-order valence-corrected chi connectivity index (χ4v) is 1.31. The maximum atomic E-state index is 9.43. The average Bonchev–Trinajstić information content (AvgIpc) is 2.07. The van der Waals surface area contributed by atoms with E-state index in [1.807, 2.05) is 0 Å². The molecule has 0 N–H and O–H groups in total. The van der Waals surface area contributed by atoms with Crippen LogP contribution in [0.25, 0.3) is 0 Å². The number of amides is 1. The van der Waals surface area contributed by atoms with Gasteiger partial charge in [0.25, 0.3) is 0 Å². The van der Waals surface area contributed by atoms with Gasteiger partial charge in [-0.25, -0.2) is 0 Å². The molecule has 1 aliphatic carbocycles. The van der Waals surface area contributed by atoms with Crippen molar-refractivity contribution in [3.05, 3.63) is 0 Å². The van der Waals surface area contributed by atoms with Gasteiger partial charge in [0.2, 0.25) is 6.41 Å². The van der Waals surface area contributed by atoms with Crippen LogP contribution in [0.15, 0.2) is 0 Å². The normalized spacial score (nSPS) is 17.6. The van der Waals surface area contributed by atoms with Crippen LogP contribution in [0, 0.1) is 5.92 Å². The molecular formula is C10H21NO. The average molecular weight is 171 g/mol. The summed E-state index contributed by atoms with van der Waals surface area (Å²) >= 11 is 0. The van der Waals surface area contributed by atoms with Crippen LogP contribution in [-0.2, 0) is 4.79 Å². The van der Waals surface area contributed by atoms with Crippen LogP contribution in [0.3, 0.4) is 0 Å². The second kappa shape index (κ2) is 7.14. The monoisotopic (exact) mass is 171 g/mol. The lowest BCUT2D eigenvalue weighted by atomic mass is 9.91. The summed E-state index contributed by atoms with van der Waals surface area (Å²) in [6.07, 6.45) is 8.19. The van der Waals surface area contributed by atoms with Gasteiger partial charge in [0.05, 0.1) is 0 Å². The van der Waals surface area contributed by atoms with Gasteiger partial charge in [-0.3, -0.25) is 4.79 Å². The van der Waals surface area contributed by atoms with Crippen molar-refractivity contribution in [2.24, 2.45) is 5.92 Å². The minimum atomic E-state index is 0.750. The van der Waals surface area contributed by atoms with Crippen molar-refractivity contribution in [3.63, 3.8) is 0 Å². The lowest BCUT2D eigenvalue weighted by molar-refractivity contribution is -0.115. The van der Waals surface area contributed by atoms with E-state index in [0.29, 0.717) is 0 Å². The zero-order chi connectivity index (χ0) is 9.40. The molecule has 0 saturated heterocycles. The predicted octanol–water partition coefficient (Wildman–Crippen LogP) is 2.29. The van der Waals surface area contributed by atoms with E-state index in [4.69, 9.17) is 0 Å². The summed E-state index contributed by atoms with van der Waals surface area (Å²) in [7, 11) is 3.38. The van der Waals surface area contributed by atoms with E-state index in [1.54, 1.807) is 14.1 Å². The Hall–Kier alpha value is -0.530. The number of rotatable bonds is 1. The van der Waals surface area contributed by atoms with Gasteiger partial charge in [-0.1, -0.05) is 39.0 Å². The van der Waals surface area contributed by atoms with Gasteiger partial charge in [0, 0.05) is 14.1 Å². The maximum Gasteiger partial charge on any atom is 0.209 e. The molecule has 0 radical (unpaired) electrons. The molecule has 1 rings (SSSR count). The Morgan fingerprint density at radius 2 is 1.58 bits per heavy atom. The highest BCUT2D eigenvalue weighted by molar-refractivity contribution is 5.45. The zero-order valence-electron chi connectivity index (χ0n) is 8.55. The molecule has 1 amide bonds. The highest BCUT2D eigenvalue weighted by Gasteiger charge is 2.05. The van der Waals surface area contributed by atoms with Gasteiger partial charge in [0.15, 0.2) is 0 Å².